The van der Waals surface area contributed by atoms with Crippen LogP contribution in [0.5, 0.6) is 0 Å². The quantitative estimate of drug-likeness (QED) is 0.534. The maximum absolute atomic E-state index is 12.3. The van der Waals surface area contributed by atoms with E-state index in [1.807, 2.05) is 0 Å². The fraction of sp³-hybridized carbons (Fsp3) is 0.800. The highest BCUT2D eigenvalue weighted by Crippen LogP contribution is 2.45. The van der Waals surface area contributed by atoms with Gasteiger partial charge in [0.2, 0.25) is 5.91 Å². The molecule has 21 heavy (non-hydrogen) atoms. The van der Waals surface area contributed by atoms with E-state index in [0.29, 0.717) is 19.3 Å². The van der Waals surface area contributed by atoms with Crippen molar-refractivity contribution in [3.8, 4) is 0 Å². The molecule has 0 radical (unpaired) electrons. The van der Waals surface area contributed by atoms with Gasteiger partial charge in [-0.15, -0.1) is 0 Å². The molecule has 6 nitrogen and oxygen atoms in total. The Bertz CT molecular complexity index is 409. The molecule has 1 amide bonds. The van der Waals surface area contributed by atoms with Gasteiger partial charge in [0.25, 0.3) is 0 Å². The number of esters is 1. The highest BCUT2D eigenvalue weighted by Gasteiger charge is 2.53. The summed E-state index contributed by atoms with van der Waals surface area (Å²) in [5.41, 5.74) is 4.28. The van der Waals surface area contributed by atoms with E-state index in [2.05, 4.69) is 0 Å². The zero-order chi connectivity index (χ0) is 16.0. The molecule has 6 heteroatoms. The lowest BCUT2D eigenvalue weighted by atomic mass is 9.60. The normalized spacial score (nSPS) is 29.2. The standard InChI is InChI=1S/C15H25NO5/c1-3-21-13(19)12-10(6-4-5-7-17)8-11(18)9-15(12,2)14(16)20/h10,12,17H,3-9H2,1-2H3,(H2,16,20)/t10-,12-,15+/m0/s1. The largest absolute Gasteiger partial charge is 0.466 e. The Hall–Kier alpha value is -1.43. The van der Waals surface area contributed by atoms with Gasteiger partial charge < -0.3 is 15.6 Å². The molecule has 0 bridgehead atoms. The van der Waals surface area contributed by atoms with Crippen LogP contribution in [-0.2, 0) is 19.1 Å². The van der Waals surface area contributed by atoms with Crippen LogP contribution in [0, 0.1) is 17.3 Å². The molecule has 0 heterocycles. The fourth-order valence-electron chi connectivity index (χ4n) is 3.23. The lowest BCUT2D eigenvalue weighted by molar-refractivity contribution is -0.164. The maximum Gasteiger partial charge on any atom is 0.310 e. The highest BCUT2D eigenvalue weighted by atomic mass is 16.5. The Balaban J connectivity index is 3.03. The fourth-order valence-corrected chi connectivity index (χ4v) is 3.23. The molecule has 3 N–H and O–H groups in total. The van der Waals surface area contributed by atoms with E-state index in [1.54, 1.807) is 13.8 Å². The van der Waals surface area contributed by atoms with Crippen molar-refractivity contribution >= 4 is 17.7 Å². The minimum Gasteiger partial charge on any atom is -0.466 e. The number of nitrogens with two attached hydrogens (primary N) is 1. The van der Waals surface area contributed by atoms with Crippen LogP contribution in [0.3, 0.4) is 0 Å². The number of ketones is 1. The lowest BCUT2D eigenvalue weighted by Gasteiger charge is -2.41. The zero-order valence-electron chi connectivity index (χ0n) is 12.8. The number of carbonyl (C=O) groups excluding carboxylic acids is 3. The van der Waals surface area contributed by atoms with E-state index < -0.39 is 23.2 Å². The van der Waals surface area contributed by atoms with Gasteiger partial charge in [-0.1, -0.05) is 6.42 Å². The lowest BCUT2D eigenvalue weighted by Crippen LogP contribution is -2.52. The van der Waals surface area contributed by atoms with Crippen LogP contribution in [0.15, 0.2) is 0 Å². The smallest absolute Gasteiger partial charge is 0.310 e. The van der Waals surface area contributed by atoms with Crippen LogP contribution in [-0.4, -0.2) is 36.0 Å². The van der Waals surface area contributed by atoms with Gasteiger partial charge in [0.15, 0.2) is 0 Å². The van der Waals surface area contributed by atoms with Gasteiger partial charge in [-0.3, -0.25) is 14.4 Å². The third kappa shape index (κ3) is 4.03. The number of hydrogen-bond donors (Lipinski definition) is 2. The molecule has 3 atom stereocenters. The third-order valence-corrected chi connectivity index (χ3v) is 4.30. The number of rotatable bonds is 7. The summed E-state index contributed by atoms with van der Waals surface area (Å²) < 4.78 is 5.09. The molecule has 0 spiro atoms. The van der Waals surface area contributed by atoms with Crippen molar-refractivity contribution in [1.29, 1.82) is 0 Å². The number of unbranched alkanes of at least 4 members (excludes halogenated alkanes) is 1. The first kappa shape index (κ1) is 17.6. The molecule has 1 aliphatic carbocycles. The molecule has 0 aromatic rings. The van der Waals surface area contributed by atoms with Gasteiger partial charge >= 0.3 is 5.97 Å². The highest BCUT2D eigenvalue weighted by molar-refractivity contribution is 5.95. The van der Waals surface area contributed by atoms with Crippen LogP contribution < -0.4 is 5.73 Å². The summed E-state index contributed by atoms with van der Waals surface area (Å²) in [6, 6.07) is 0. The van der Waals surface area contributed by atoms with Crippen LogP contribution >= 0.6 is 0 Å². The second kappa shape index (κ2) is 7.54. The minimum atomic E-state index is -1.19. The number of hydrogen-bond acceptors (Lipinski definition) is 5. The Morgan fingerprint density at radius 2 is 2.10 bits per heavy atom. The Morgan fingerprint density at radius 1 is 1.43 bits per heavy atom. The summed E-state index contributed by atoms with van der Waals surface area (Å²) in [6.45, 7) is 3.57. The van der Waals surface area contributed by atoms with Crippen LogP contribution in [0.25, 0.3) is 0 Å². The summed E-state index contributed by atoms with van der Waals surface area (Å²) in [6.07, 6.45) is 2.14. The zero-order valence-corrected chi connectivity index (χ0v) is 12.8. The molecular formula is C15H25NO5. The summed E-state index contributed by atoms with van der Waals surface area (Å²) in [5, 5.41) is 8.87. The molecule has 0 unspecified atom stereocenters. The average Bonchev–Trinajstić information content (AvgIpc) is 2.38. The predicted octanol–water partition coefficient (Wildman–Crippen LogP) is 0.799. The number of Topliss-reactive ketones (excluding diaryl/α,β-unsaturated/α-hetero) is 1. The Morgan fingerprint density at radius 3 is 2.62 bits per heavy atom. The van der Waals surface area contributed by atoms with Crippen molar-refractivity contribution in [2.45, 2.75) is 46.0 Å². The molecule has 0 aromatic heterocycles. The van der Waals surface area contributed by atoms with Gasteiger partial charge in [-0.2, -0.15) is 0 Å². The minimum absolute atomic E-state index is 0.0116. The molecule has 0 aliphatic heterocycles. The van der Waals surface area contributed by atoms with Crippen molar-refractivity contribution in [3.05, 3.63) is 0 Å². The second-order valence-corrected chi connectivity index (χ2v) is 5.91. The van der Waals surface area contributed by atoms with Crippen LogP contribution in [0.2, 0.25) is 0 Å². The van der Waals surface area contributed by atoms with Crippen molar-refractivity contribution in [3.63, 3.8) is 0 Å². The van der Waals surface area contributed by atoms with Crippen molar-refractivity contribution in [1.82, 2.24) is 0 Å². The Labute approximate surface area is 125 Å². The van der Waals surface area contributed by atoms with Gasteiger partial charge in [0.1, 0.15) is 5.78 Å². The molecule has 1 rings (SSSR count). The van der Waals surface area contributed by atoms with Gasteiger partial charge in [-0.05, 0) is 32.6 Å². The number of aliphatic hydroxyl groups is 1. The van der Waals surface area contributed by atoms with Crippen LogP contribution in [0.1, 0.15) is 46.0 Å². The summed E-state index contributed by atoms with van der Waals surface area (Å²) in [7, 11) is 0. The first-order valence-electron chi connectivity index (χ1n) is 7.46. The van der Waals surface area contributed by atoms with Crippen molar-refractivity contribution in [2.24, 2.45) is 23.0 Å². The number of carbonyl (C=O) groups is 3. The summed E-state index contributed by atoms with van der Waals surface area (Å²) in [5.74, 6) is -2.09. The molecule has 1 saturated carbocycles. The van der Waals surface area contributed by atoms with E-state index in [9.17, 15) is 14.4 Å². The second-order valence-electron chi connectivity index (χ2n) is 5.91. The first-order valence-corrected chi connectivity index (χ1v) is 7.46. The first-order chi connectivity index (χ1) is 9.86. The molecule has 0 saturated heterocycles. The van der Waals surface area contributed by atoms with Crippen molar-refractivity contribution < 1.29 is 24.2 Å². The van der Waals surface area contributed by atoms with Gasteiger partial charge in [0.05, 0.1) is 17.9 Å². The van der Waals surface area contributed by atoms with Gasteiger partial charge in [0, 0.05) is 19.4 Å². The van der Waals surface area contributed by atoms with E-state index in [0.717, 1.165) is 0 Å². The molecule has 1 fully saturated rings. The molecule has 1 aliphatic rings. The summed E-state index contributed by atoms with van der Waals surface area (Å²) >= 11 is 0. The van der Waals surface area contributed by atoms with Crippen LogP contribution in [0.4, 0.5) is 0 Å². The van der Waals surface area contributed by atoms with Gasteiger partial charge in [-0.25, -0.2) is 0 Å². The average molecular weight is 299 g/mol. The van der Waals surface area contributed by atoms with E-state index >= 15 is 0 Å². The molecular weight excluding hydrogens is 274 g/mol. The number of primary amides is 1. The number of aliphatic hydroxyl groups excluding tert-OH is 1. The van der Waals surface area contributed by atoms with Crippen molar-refractivity contribution in [2.75, 3.05) is 13.2 Å². The molecule has 0 aromatic carbocycles. The molecule has 120 valence electrons. The SMILES string of the molecule is CCOC(=O)[C@@H]1[C@@H](CCCCO)CC(=O)C[C@@]1(C)C(N)=O. The monoisotopic (exact) mass is 299 g/mol. The van der Waals surface area contributed by atoms with E-state index in [1.165, 1.54) is 0 Å². The number of ether oxygens (including phenoxy) is 1. The predicted molar refractivity (Wildman–Crippen MR) is 76.1 cm³/mol. The topological polar surface area (TPSA) is 107 Å². The number of amides is 1. The van der Waals surface area contributed by atoms with E-state index in [4.69, 9.17) is 15.6 Å². The maximum atomic E-state index is 12.3. The third-order valence-electron chi connectivity index (χ3n) is 4.30. The summed E-state index contributed by atoms with van der Waals surface area (Å²) in [4.78, 5) is 36.1. The Kier molecular flexibility index (Phi) is 6.33. The van der Waals surface area contributed by atoms with E-state index in [-0.39, 0.29) is 37.8 Å².